The summed E-state index contributed by atoms with van der Waals surface area (Å²) in [4.78, 5) is 20.3. The number of hydrogen-bond donors (Lipinski definition) is 1. The Morgan fingerprint density at radius 2 is 2.28 bits per heavy atom. The summed E-state index contributed by atoms with van der Waals surface area (Å²) >= 11 is 1.62. The Morgan fingerprint density at radius 1 is 1.44 bits per heavy atom. The zero-order valence-electron chi connectivity index (χ0n) is 10.4. The Kier molecular flexibility index (Phi) is 4.04. The number of carbonyl (C=O) groups is 1. The summed E-state index contributed by atoms with van der Waals surface area (Å²) in [5, 5.41) is 5.91. The molecule has 94 valence electrons. The molecule has 1 N–H and O–H groups in total. The fourth-order valence-corrected chi connectivity index (χ4v) is 2.21. The SMILES string of the molecule is CCc1nc(CNC(=O)c2ccc(C)nc2)cs1. The van der Waals surface area contributed by atoms with Crippen LogP contribution in [0.4, 0.5) is 0 Å². The molecule has 2 rings (SSSR count). The highest BCUT2D eigenvalue weighted by atomic mass is 32.1. The van der Waals surface area contributed by atoms with E-state index < -0.39 is 0 Å². The van der Waals surface area contributed by atoms with Crippen molar-refractivity contribution in [1.82, 2.24) is 15.3 Å². The van der Waals surface area contributed by atoms with Crippen molar-refractivity contribution in [3.05, 3.63) is 45.7 Å². The molecule has 0 bridgehead atoms. The van der Waals surface area contributed by atoms with Crippen LogP contribution in [0.1, 0.15) is 33.7 Å². The van der Waals surface area contributed by atoms with Crippen molar-refractivity contribution in [2.75, 3.05) is 0 Å². The van der Waals surface area contributed by atoms with E-state index in [0.29, 0.717) is 12.1 Å². The minimum atomic E-state index is -0.117. The van der Waals surface area contributed by atoms with Gasteiger partial charge in [-0.2, -0.15) is 0 Å². The smallest absolute Gasteiger partial charge is 0.253 e. The van der Waals surface area contributed by atoms with E-state index >= 15 is 0 Å². The maximum atomic E-state index is 11.8. The van der Waals surface area contributed by atoms with Crippen LogP contribution < -0.4 is 5.32 Å². The minimum Gasteiger partial charge on any atom is -0.346 e. The second-order valence-corrected chi connectivity index (χ2v) is 4.90. The van der Waals surface area contributed by atoms with Crippen LogP contribution >= 0.6 is 11.3 Å². The summed E-state index contributed by atoms with van der Waals surface area (Å²) in [6, 6.07) is 3.60. The number of thiazole rings is 1. The molecular weight excluding hydrogens is 246 g/mol. The number of carbonyl (C=O) groups excluding carboxylic acids is 1. The zero-order valence-corrected chi connectivity index (χ0v) is 11.3. The van der Waals surface area contributed by atoms with Crippen molar-refractivity contribution in [2.24, 2.45) is 0 Å². The lowest BCUT2D eigenvalue weighted by atomic mass is 10.2. The Morgan fingerprint density at radius 3 is 2.89 bits per heavy atom. The normalized spacial score (nSPS) is 10.3. The Labute approximate surface area is 110 Å². The summed E-state index contributed by atoms with van der Waals surface area (Å²) in [6.07, 6.45) is 2.52. The van der Waals surface area contributed by atoms with Crippen LogP contribution in [0.2, 0.25) is 0 Å². The Balaban J connectivity index is 1.93. The van der Waals surface area contributed by atoms with Crippen molar-refractivity contribution >= 4 is 17.2 Å². The number of nitrogens with one attached hydrogen (secondary N) is 1. The molecule has 0 spiro atoms. The maximum absolute atomic E-state index is 11.8. The van der Waals surface area contributed by atoms with Gasteiger partial charge in [-0.15, -0.1) is 11.3 Å². The lowest BCUT2D eigenvalue weighted by Gasteiger charge is -2.03. The quantitative estimate of drug-likeness (QED) is 0.919. The molecule has 0 unspecified atom stereocenters. The molecule has 18 heavy (non-hydrogen) atoms. The maximum Gasteiger partial charge on any atom is 0.253 e. The summed E-state index contributed by atoms with van der Waals surface area (Å²) in [6.45, 7) is 4.42. The van der Waals surface area contributed by atoms with E-state index in [1.54, 1.807) is 23.6 Å². The Bertz CT molecular complexity index is 533. The van der Waals surface area contributed by atoms with Crippen molar-refractivity contribution in [1.29, 1.82) is 0 Å². The predicted molar refractivity (Wildman–Crippen MR) is 71.6 cm³/mol. The molecule has 0 aliphatic heterocycles. The van der Waals surface area contributed by atoms with Gasteiger partial charge < -0.3 is 5.32 Å². The Hall–Kier alpha value is -1.75. The van der Waals surface area contributed by atoms with Gasteiger partial charge in [0.1, 0.15) is 0 Å². The van der Waals surface area contributed by atoms with Gasteiger partial charge >= 0.3 is 0 Å². The molecule has 0 saturated heterocycles. The van der Waals surface area contributed by atoms with Crippen molar-refractivity contribution in [2.45, 2.75) is 26.8 Å². The second-order valence-electron chi connectivity index (χ2n) is 3.96. The van der Waals surface area contributed by atoms with Crippen molar-refractivity contribution < 1.29 is 4.79 Å². The van der Waals surface area contributed by atoms with Crippen LogP contribution in [0, 0.1) is 6.92 Å². The minimum absolute atomic E-state index is 0.117. The van der Waals surface area contributed by atoms with E-state index in [9.17, 15) is 4.79 Å². The first-order valence-corrected chi connectivity index (χ1v) is 6.71. The number of pyridine rings is 1. The predicted octanol–water partition coefficient (Wildman–Crippen LogP) is 2.34. The summed E-state index contributed by atoms with van der Waals surface area (Å²) < 4.78 is 0. The monoisotopic (exact) mass is 261 g/mol. The highest BCUT2D eigenvalue weighted by Crippen LogP contribution is 2.10. The van der Waals surface area contributed by atoms with Gasteiger partial charge in [-0.25, -0.2) is 4.98 Å². The van der Waals surface area contributed by atoms with Gasteiger partial charge in [0, 0.05) is 17.3 Å². The van der Waals surface area contributed by atoms with Crippen LogP contribution in [0.15, 0.2) is 23.7 Å². The number of rotatable bonds is 4. The molecule has 0 radical (unpaired) electrons. The van der Waals surface area contributed by atoms with Gasteiger partial charge in [0.25, 0.3) is 5.91 Å². The standard InChI is InChI=1S/C13H15N3OS/c1-3-12-16-11(8-18-12)7-15-13(17)10-5-4-9(2)14-6-10/h4-6,8H,3,7H2,1-2H3,(H,15,17). The van der Waals surface area contributed by atoms with E-state index in [2.05, 4.69) is 22.2 Å². The third kappa shape index (κ3) is 3.13. The fraction of sp³-hybridized carbons (Fsp3) is 0.308. The van der Waals surface area contributed by atoms with E-state index in [4.69, 9.17) is 0 Å². The van der Waals surface area contributed by atoms with Gasteiger partial charge in [0.15, 0.2) is 0 Å². The van der Waals surface area contributed by atoms with Gasteiger partial charge in [-0.1, -0.05) is 6.92 Å². The lowest BCUT2D eigenvalue weighted by molar-refractivity contribution is 0.0950. The van der Waals surface area contributed by atoms with Crippen molar-refractivity contribution in [3.63, 3.8) is 0 Å². The first kappa shape index (κ1) is 12.7. The van der Waals surface area contributed by atoms with Gasteiger partial charge in [-0.3, -0.25) is 9.78 Å². The number of hydrogen-bond acceptors (Lipinski definition) is 4. The first-order chi connectivity index (χ1) is 8.69. The molecule has 1 amide bonds. The molecule has 0 atom stereocenters. The van der Waals surface area contributed by atoms with Crippen LogP contribution in [0.25, 0.3) is 0 Å². The van der Waals surface area contributed by atoms with Gasteiger partial charge in [-0.05, 0) is 25.5 Å². The van der Waals surface area contributed by atoms with E-state index in [-0.39, 0.29) is 5.91 Å². The fourth-order valence-electron chi connectivity index (χ4n) is 1.47. The van der Waals surface area contributed by atoms with E-state index in [1.165, 1.54) is 0 Å². The van der Waals surface area contributed by atoms with Gasteiger partial charge in [0.2, 0.25) is 0 Å². The van der Waals surface area contributed by atoms with E-state index in [1.807, 2.05) is 18.4 Å². The molecule has 2 heterocycles. The van der Waals surface area contributed by atoms with Crippen LogP contribution in [0.3, 0.4) is 0 Å². The third-order valence-electron chi connectivity index (χ3n) is 2.51. The molecule has 5 heteroatoms. The van der Waals surface area contributed by atoms with Gasteiger partial charge in [0.05, 0.1) is 22.8 Å². The molecule has 0 aromatic carbocycles. The second kappa shape index (κ2) is 5.73. The number of amides is 1. The summed E-state index contributed by atoms with van der Waals surface area (Å²) in [7, 11) is 0. The van der Waals surface area contributed by atoms with Crippen LogP contribution in [-0.2, 0) is 13.0 Å². The van der Waals surface area contributed by atoms with E-state index in [0.717, 1.165) is 22.8 Å². The molecule has 0 fully saturated rings. The van der Waals surface area contributed by atoms with Crippen LogP contribution in [-0.4, -0.2) is 15.9 Å². The van der Waals surface area contributed by atoms with Crippen LogP contribution in [0.5, 0.6) is 0 Å². The molecule has 0 aliphatic rings. The van der Waals surface area contributed by atoms with Crippen molar-refractivity contribution in [3.8, 4) is 0 Å². The first-order valence-electron chi connectivity index (χ1n) is 5.83. The molecule has 0 aliphatic carbocycles. The average Bonchev–Trinajstić information content (AvgIpc) is 2.85. The molecule has 0 saturated carbocycles. The lowest BCUT2D eigenvalue weighted by Crippen LogP contribution is -2.23. The highest BCUT2D eigenvalue weighted by Gasteiger charge is 2.06. The number of nitrogens with zero attached hydrogens (tertiary/aromatic N) is 2. The third-order valence-corrected chi connectivity index (χ3v) is 3.55. The molecule has 4 nitrogen and oxygen atoms in total. The summed E-state index contributed by atoms with van der Waals surface area (Å²) in [5.41, 5.74) is 2.38. The molecular formula is C13H15N3OS. The zero-order chi connectivity index (χ0) is 13.0. The topological polar surface area (TPSA) is 54.9 Å². The molecule has 2 aromatic heterocycles. The number of aromatic nitrogens is 2. The average molecular weight is 261 g/mol. The molecule has 2 aromatic rings. The number of aryl methyl sites for hydroxylation is 2. The highest BCUT2D eigenvalue weighted by molar-refractivity contribution is 7.09. The largest absolute Gasteiger partial charge is 0.346 e. The summed E-state index contributed by atoms with van der Waals surface area (Å²) in [5.74, 6) is -0.117.